The third kappa shape index (κ3) is 3.27. The molecule has 1 aromatic rings. The minimum absolute atomic E-state index is 0.608. The van der Waals surface area contributed by atoms with E-state index in [0.717, 1.165) is 11.4 Å². The zero-order valence-electron chi connectivity index (χ0n) is 11.5. The van der Waals surface area contributed by atoms with Gasteiger partial charge in [0.15, 0.2) is 0 Å². The van der Waals surface area contributed by atoms with Gasteiger partial charge in [0.05, 0.1) is 0 Å². The molecule has 0 amide bonds. The van der Waals surface area contributed by atoms with Gasteiger partial charge in [0.25, 0.3) is 0 Å². The summed E-state index contributed by atoms with van der Waals surface area (Å²) in [4.78, 5) is 0. The van der Waals surface area contributed by atoms with Gasteiger partial charge in [0.1, 0.15) is 0 Å². The van der Waals surface area contributed by atoms with Crippen molar-refractivity contribution in [1.29, 1.82) is 0 Å². The van der Waals surface area contributed by atoms with Crippen molar-refractivity contribution in [2.24, 2.45) is 0 Å². The number of rotatable bonds is 5. The molecule has 1 N–H and O–H groups in total. The molecule has 0 spiro atoms. The highest BCUT2D eigenvalue weighted by molar-refractivity contribution is 6.31. The molecule has 1 fully saturated rings. The molecule has 100 valence electrons. The summed E-state index contributed by atoms with van der Waals surface area (Å²) in [6.45, 7) is 5.64. The van der Waals surface area contributed by atoms with Crippen LogP contribution in [0.15, 0.2) is 18.2 Å². The maximum atomic E-state index is 6.45. The maximum absolute atomic E-state index is 6.45. The molecule has 2 heteroatoms. The van der Waals surface area contributed by atoms with Crippen molar-refractivity contribution in [1.82, 2.24) is 5.32 Å². The van der Waals surface area contributed by atoms with Gasteiger partial charge in [0.2, 0.25) is 0 Å². The highest BCUT2D eigenvalue weighted by Crippen LogP contribution is 2.30. The van der Waals surface area contributed by atoms with Gasteiger partial charge in [0, 0.05) is 11.1 Å². The largest absolute Gasteiger partial charge is 0.314 e. The number of benzene rings is 1. The quantitative estimate of drug-likeness (QED) is 0.824. The maximum Gasteiger partial charge on any atom is 0.0443 e. The van der Waals surface area contributed by atoms with Gasteiger partial charge in [-0.1, -0.05) is 37.6 Å². The monoisotopic (exact) mass is 265 g/mol. The zero-order valence-corrected chi connectivity index (χ0v) is 12.3. The first-order valence-electron chi connectivity index (χ1n) is 7.26. The summed E-state index contributed by atoms with van der Waals surface area (Å²) >= 11 is 6.45. The average molecular weight is 266 g/mol. The van der Waals surface area contributed by atoms with Crippen molar-refractivity contribution < 1.29 is 0 Å². The van der Waals surface area contributed by atoms with Crippen LogP contribution in [-0.4, -0.2) is 12.6 Å². The van der Waals surface area contributed by atoms with E-state index in [-0.39, 0.29) is 0 Å². The molecule has 1 unspecified atom stereocenters. The molecule has 1 nitrogen and oxygen atoms in total. The standard InChI is InChI=1S/C16H24ClN/c1-3-13(4-2)15-8-7-12(11-16(15)17)10-14-6-5-9-18-14/h7-8,11,13-14,18H,3-6,9-10H2,1-2H3. The predicted molar refractivity (Wildman–Crippen MR) is 79.5 cm³/mol. The number of halogens is 1. The Morgan fingerprint density at radius 3 is 2.67 bits per heavy atom. The molecular formula is C16H24ClN. The van der Waals surface area contributed by atoms with Crippen molar-refractivity contribution in [3.05, 3.63) is 34.3 Å². The lowest BCUT2D eigenvalue weighted by molar-refractivity contribution is 0.602. The Morgan fingerprint density at radius 2 is 2.11 bits per heavy atom. The summed E-state index contributed by atoms with van der Waals surface area (Å²) in [6, 6.07) is 7.33. The fourth-order valence-electron chi connectivity index (χ4n) is 2.97. The van der Waals surface area contributed by atoms with Gasteiger partial charge < -0.3 is 5.32 Å². The van der Waals surface area contributed by atoms with Crippen LogP contribution in [0.2, 0.25) is 5.02 Å². The Hall–Kier alpha value is -0.530. The van der Waals surface area contributed by atoms with Crippen LogP contribution in [0.25, 0.3) is 0 Å². The van der Waals surface area contributed by atoms with E-state index >= 15 is 0 Å². The number of nitrogens with one attached hydrogen (secondary N) is 1. The summed E-state index contributed by atoms with van der Waals surface area (Å²) in [5.74, 6) is 0.608. The molecular weight excluding hydrogens is 242 g/mol. The fourth-order valence-corrected chi connectivity index (χ4v) is 3.33. The minimum Gasteiger partial charge on any atom is -0.314 e. The third-order valence-corrected chi connectivity index (χ3v) is 4.46. The Morgan fingerprint density at radius 1 is 1.33 bits per heavy atom. The van der Waals surface area contributed by atoms with Crippen LogP contribution in [0.4, 0.5) is 0 Å². The first kappa shape index (κ1) is 13.9. The van der Waals surface area contributed by atoms with Gasteiger partial charge in [-0.25, -0.2) is 0 Å². The van der Waals surface area contributed by atoms with Crippen LogP contribution in [0.1, 0.15) is 56.6 Å². The normalized spacial score (nSPS) is 19.7. The molecule has 0 radical (unpaired) electrons. The first-order valence-corrected chi connectivity index (χ1v) is 7.64. The van der Waals surface area contributed by atoms with Crippen molar-refractivity contribution >= 4 is 11.6 Å². The van der Waals surface area contributed by atoms with Crippen molar-refractivity contribution in [2.45, 2.75) is 57.9 Å². The topological polar surface area (TPSA) is 12.0 Å². The molecule has 1 aliphatic heterocycles. The lowest BCUT2D eigenvalue weighted by Gasteiger charge is -2.16. The van der Waals surface area contributed by atoms with Gasteiger partial charge in [-0.3, -0.25) is 0 Å². The van der Waals surface area contributed by atoms with Crippen molar-refractivity contribution in [3.8, 4) is 0 Å². The zero-order chi connectivity index (χ0) is 13.0. The minimum atomic E-state index is 0.608. The summed E-state index contributed by atoms with van der Waals surface area (Å²) in [7, 11) is 0. The Balaban J connectivity index is 2.08. The Bertz CT molecular complexity index is 379. The van der Waals surface area contributed by atoms with Crippen LogP contribution in [-0.2, 0) is 6.42 Å². The van der Waals surface area contributed by atoms with Crippen LogP contribution in [0.5, 0.6) is 0 Å². The average Bonchev–Trinajstić information content (AvgIpc) is 2.86. The van der Waals surface area contributed by atoms with E-state index in [9.17, 15) is 0 Å². The molecule has 1 aliphatic rings. The number of hydrogen-bond donors (Lipinski definition) is 1. The molecule has 0 saturated carbocycles. The van der Waals surface area contributed by atoms with Crippen molar-refractivity contribution in [2.75, 3.05) is 6.54 Å². The van der Waals surface area contributed by atoms with E-state index in [1.165, 1.54) is 43.4 Å². The molecule has 1 heterocycles. The molecule has 1 atom stereocenters. The van der Waals surface area contributed by atoms with Crippen LogP contribution in [0.3, 0.4) is 0 Å². The van der Waals surface area contributed by atoms with Gasteiger partial charge in [-0.2, -0.15) is 0 Å². The van der Waals surface area contributed by atoms with Crippen LogP contribution >= 0.6 is 11.6 Å². The van der Waals surface area contributed by atoms with E-state index < -0.39 is 0 Å². The summed E-state index contributed by atoms with van der Waals surface area (Å²) in [6.07, 6.45) is 6.05. The lowest BCUT2D eigenvalue weighted by atomic mass is 9.92. The van der Waals surface area contributed by atoms with E-state index in [1.54, 1.807) is 0 Å². The SMILES string of the molecule is CCC(CC)c1ccc(CC2CCCN2)cc1Cl. The summed E-state index contributed by atoms with van der Waals surface area (Å²) in [5.41, 5.74) is 2.69. The molecule has 0 bridgehead atoms. The third-order valence-electron chi connectivity index (χ3n) is 4.13. The smallest absolute Gasteiger partial charge is 0.0443 e. The summed E-state index contributed by atoms with van der Waals surface area (Å²) < 4.78 is 0. The molecule has 1 aromatic carbocycles. The predicted octanol–water partition coefficient (Wildman–Crippen LogP) is 4.54. The van der Waals surface area contributed by atoms with Crippen molar-refractivity contribution in [3.63, 3.8) is 0 Å². The highest BCUT2D eigenvalue weighted by atomic mass is 35.5. The van der Waals surface area contributed by atoms with Crippen LogP contribution < -0.4 is 5.32 Å². The number of hydrogen-bond acceptors (Lipinski definition) is 1. The fraction of sp³-hybridized carbons (Fsp3) is 0.625. The Kier molecular flexibility index (Phi) is 5.08. The van der Waals surface area contributed by atoms with Gasteiger partial charge >= 0.3 is 0 Å². The highest BCUT2D eigenvalue weighted by Gasteiger charge is 2.16. The van der Waals surface area contributed by atoms with Gasteiger partial charge in [-0.15, -0.1) is 0 Å². The van der Waals surface area contributed by atoms with E-state index in [1.807, 2.05) is 0 Å². The summed E-state index contributed by atoms with van der Waals surface area (Å²) in [5, 5.41) is 4.50. The molecule has 0 aliphatic carbocycles. The van der Waals surface area contributed by atoms with Gasteiger partial charge in [-0.05, 0) is 61.8 Å². The second-order valence-corrected chi connectivity index (χ2v) is 5.77. The molecule has 1 saturated heterocycles. The molecule has 2 rings (SSSR count). The second-order valence-electron chi connectivity index (χ2n) is 5.37. The first-order chi connectivity index (χ1) is 8.74. The Labute approximate surface area is 116 Å². The van der Waals surface area contributed by atoms with Crippen LogP contribution in [0, 0.1) is 0 Å². The van der Waals surface area contributed by atoms with E-state index in [2.05, 4.69) is 37.4 Å². The lowest BCUT2D eigenvalue weighted by Crippen LogP contribution is -2.23. The molecule has 0 aromatic heterocycles. The second kappa shape index (κ2) is 6.58. The van der Waals surface area contributed by atoms with E-state index in [4.69, 9.17) is 11.6 Å². The van der Waals surface area contributed by atoms with E-state index in [0.29, 0.717) is 12.0 Å². The molecule has 18 heavy (non-hydrogen) atoms.